The molecule has 1 aliphatic heterocycles. The van der Waals surface area contributed by atoms with Gasteiger partial charge in [0.25, 0.3) is 5.91 Å². The van der Waals surface area contributed by atoms with Gasteiger partial charge in [0.15, 0.2) is 0 Å². The quantitative estimate of drug-likeness (QED) is 0.179. The van der Waals surface area contributed by atoms with E-state index in [4.69, 9.17) is 14.4 Å². The molecule has 1 amide bonds. The minimum absolute atomic E-state index is 0.0275. The molecule has 10 heteroatoms. The molecular formula is C26H34N3O6P. The van der Waals surface area contributed by atoms with Crippen LogP contribution in [0, 0.1) is 11.3 Å². The van der Waals surface area contributed by atoms with Crippen molar-refractivity contribution in [3.05, 3.63) is 47.5 Å². The first-order valence-electron chi connectivity index (χ1n) is 12.1. The Kier molecular flexibility index (Phi) is 10.9. The Hall–Kier alpha value is -2.73. The van der Waals surface area contributed by atoms with E-state index >= 15 is 0 Å². The minimum atomic E-state index is -3.48. The van der Waals surface area contributed by atoms with Crippen LogP contribution in [0.15, 0.2) is 42.0 Å². The summed E-state index contributed by atoms with van der Waals surface area (Å²) in [5, 5.41) is 14.3. The Bertz CT molecular complexity index is 1130. The van der Waals surface area contributed by atoms with Crippen LogP contribution < -0.4 is 10.2 Å². The Morgan fingerprint density at radius 2 is 1.72 bits per heavy atom. The van der Waals surface area contributed by atoms with Gasteiger partial charge in [-0.2, -0.15) is 5.26 Å². The van der Waals surface area contributed by atoms with Crippen molar-refractivity contribution < 1.29 is 28.3 Å². The van der Waals surface area contributed by atoms with E-state index in [0.717, 1.165) is 36.1 Å². The van der Waals surface area contributed by atoms with Gasteiger partial charge >= 0.3 is 7.60 Å². The lowest BCUT2D eigenvalue weighted by molar-refractivity contribution is -0.117. The van der Waals surface area contributed by atoms with Crippen LogP contribution in [-0.4, -0.2) is 70.1 Å². The van der Waals surface area contributed by atoms with Crippen LogP contribution in [0.3, 0.4) is 0 Å². The van der Waals surface area contributed by atoms with E-state index in [1.807, 2.05) is 24.3 Å². The molecule has 0 radical (unpaired) electrons. The zero-order valence-corrected chi connectivity index (χ0v) is 21.5. The SMILES string of the molecule is CP(=O)(O)OCCOCCOCCNC(=O)/C(C#N)=C/c1ccc2cc(N3CCCCC3)ccc2c1. The molecule has 1 fully saturated rings. The van der Waals surface area contributed by atoms with E-state index in [9.17, 15) is 14.6 Å². The lowest BCUT2D eigenvalue weighted by Gasteiger charge is -2.29. The number of hydrogen-bond acceptors (Lipinski definition) is 7. The fourth-order valence-electron chi connectivity index (χ4n) is 3.92. The van der Waals surface area contributed by atoms with Crippen molar-refractivity contribution in [3.8, 4) is 6.07 Å². The number of carbonyl (C=O) groups is 1. The van der Waals surface area contributed by atoms with Crippen LogP contribution in [0.5, 0.6) is 0 Å². The lowest BCUT2D eigenvalue weighted by atomic mass is 10.0. The second-order valence-electron chi connectivity index (χ2n) is 8.63. The maximum Gasteiger partial charge on any atom is 0.325 e. The van der Waals surface area contributed by atoms with Gasteiger partial charge < -0.3 is 29.1 Å². The maximum atomic E-state index is 12.4. The number of piperidine rings is 1. The van der Waals surface area contributed by atoms with E-state index in [1.165, 1.54) is 24.9 Å². The Morgan fingerprint density at radius 3 is 2.44 bits per heavy atom. The second kappa shape index (κ2) is 14.1. The van der Waals surface area contributed by atoms with Gasteiger partial charge in [0, 0.05) is 32.0 Å². The molecule has 3 rings (SSSR count). The number of amides is 1. The highest BCUT2D eigenvalue weighted by molar-refractivity contribution is 7.51. The molecular weight excluding hydrogens is 481 g/mol. The highest BCUT2D eigenvalue weighted by Crippen LogP contribution is 2.35. The summed E-state index contributed by atoms with van der Waals surface area (Å²) in [4.78, 5) is 23.8. The molecule has 0 saturated carbocycles. The van der Waals surface area contributed by atoms with Crippen LogP contribution in [0.1, 0.15) is 24.8 Å². The summed E-state index contributed by atoms with van der Waals surface area (Å²) in [5.41, 5.74) is 2.05. The van der Waals surface area contributed by atoms with Gasteiger partial charge in [-0.1, -0.05) is 18.2 Å². The van der Waals surface area contributed by atoms with Crippen LogP contribution in [-0.2, 0) is 23.4 Å². The number of anilines is 1. The summed E-state index contributed by atoms with van der Waals surface area (Å²) in [6.45, 7) is 4.63. The Balaban J connectivity index is 1.42. The molecule has 2 aromatic rings. The van der Waals surface area contributed by atoms with Crippen LogP contribution in [0.25, 0.3) is 16.8 Å². The fourth-order valence-corrected chi connectivity index (χ4v) is 4.34. The van der Waals surface area contributed by atoms with E-state index in [2.05, 4.69) is 32.9 Å². The van der Waals surface area contributed by atoms with E-state index in [0.29, 0.717) is 13.2 Å². The fraction of sp³-hybridized carbons (Fsp3) is 0.462. The molecule has 1 saturated heterocycles. The number of carbonyl (C=O) groups excluding carboxylic acids is 1. The number of nitrogens with one attached hydrogen (secondary N) is 1. The van der Waals surface area contributed by atoms with Crippen molar-refractivity contribution in [3.63, 3.8) is 0 Å². The zero-order chi connectivity index (χ0) is 25.8. The molecule has 194 valence electrons. The third-order valence-electron chi connectivity index (χ3n) is 5.71. The number of hydrogen-bond donors (Lipinski definition) is 2. The van der Waals surface area contributed by atoms with Gasteiger partial charge in [-0.25, -0.2) is 0 Å². The first-order chi connectivity index (χ1) is 17.4. The van der Waals surface area contributed by atoms with Crippen molar-refractivity contribution in [2.24, 2.45) is 0 Å². The van der Waals surface area contributed by atoms with Gasteiger partial charge in [-0.05, 0) is 59.9 Å². The van der Waals surface area contributed by atoms with Crippen LogP contribution in [0.4, 0.5) is 5.69 Å². The standard InChI is InChI=1S/C26H34N3O6P/c1-36(31,32)35-16-15-34-14-13-33-12-9-28-26(30)24(20-27)18-21-5-6-23-19-25(8-7-22(23)17-21)29-10-3-2-4-11-29/h5-8,17-19H,2-4,9-16H2,1H3,(H,28,30)(H,31,32)/b24-18+. The topological polar surface area (TPSA) is 121 Å². The molecule has 2 aromatic carbocycles. The van der Waals surface area contributed by atoms with Crippen LogP contribution >= 0.6 is 7.60 Å². The molecule has 0 spiro atoms. The normalized spacial score (nSPS) is 15.9. The molecule has 1 aliphatic rings. The first kappa shape index (κ1) is 27.9. The summed E-state index contributed by atoms with van der Waals surface area (Å²) in [6.07, 6.45) is 5.35. The van der Waals surface area contributed by atoms with Crippen molar-refractivity contribution in [1.82, 2.24) is 5.32 Å². The van der Waals surface area contributed by atoms with E-state index in [1.54, 1.807) is 6.08 Å². The largest absolute Gasteiger partial charge is 0.377 e. The van der Waals surface area contributed by atoms with Crippen molar-refractivity contribution in [2.45, 2.75) is 19.3 Å². The maximum absolute atomic E-state index is 12.4. The number of fused-ring (bicyclic) bond motifs is 1. The van der Waals surface area contributed by atoms with Gasteiger partial charge in [-0.3, -0.25) is 9.36 Å². The number of nitriles is 1. The third kappa shape index (κ3) is 9.38. The predicted molar refractivity (Wildman–Crippen MR) is 140 cm³/mol. The van der Waals surface area contributed by atoms with Gasteiger partial charge in [-0.15, -0.1) is 0 Å². The molecule has 0 bridgehead atoms. The molecule has 1 unspecified atom stereocenters. The molecule has 9 nitrogen and oxygen atoms in total. The summed E-state index contributed by atoms with van der Waals surface area (Å²) in [7, 11) is -3.48. The predicted octanol–water partition coefficient (Wildman–Crippen LogP) is 3.72. The number of benzene rings is 2. The average Bonchev–Trinajstić information content (AvgIpc) is 2.87. The smallest absolute Gasteiger partial charge is 0.325 e. The third-order valence-corrected chi connectivity index (χ3v) is 6.37. The second-order valence-corrected chi connectivity index (χ2v) is 10.5. The summed E-state index contributed by atoms with van der Waals surface area (Å²) in [6, 6.07) is 14.3. The molecule has 1 heterocycles. The summed E-state index contributed by atoms with van der Waals surface area (Å²) < 4.78 is 26.2. The summed E-state index contributed by atoms with van der Waals surface area (Å²) >= 11 is 0. The van der Waals surface area contributed by atoms with Crippen molar-refractivity contribution in [2.75, 3.05) is 64.2 Å². The molecule has 36 heavy (non-hydrogen) atoms. The highest BCUT2D eigenvalue weighted by atomic mass is 31.2. The van der Waals surface area contributed by atoms with Crippen molar-refractivity contribution in [1.29, 1.82) is 5.26 Å². The van der Waals surface area contributed by atoms with Crippen molar-refractivity contribution >= 4 is 36.0 Å². The number of rotatable bonds is 13. The average molecular weight is 516 g/mol. The number of ether oxygens (including phenoxy) is 2. The molecule has 2 N–H and O–H groups in total. The monoisotopic (exact) mass is 515 g/mol. The van der Waals surface area contributed by atoms with E-state index in [-0.39, 0.29) is 31.9 Å². The van der Waals surface area contributed by atoms with Gasteiger partial charge in [0.05, 0.1) is 33.0 Å². The highest BCUT2D eigenvalue weighted by Gasteiger charge is 2.12. The molecule has 0 aromatic heterocycles. The Morgan fingerprint density at radius 1 is 1.06 bits per heavy atom. The van der Waals surface area contributed by atoms with Gasteiger partial charge in [0.1, 0.15) is 11.6 Å². The zero-order valence-electron chi connectivity index (χ0n) is 20.6. The Labute approximate surface area is 212 Å². The number of nitrogens with zero attached hydrogens (tertiary/aromatic N) is 2. The molecule has 0 aliphatic carbocycles. The first-order valence-corrected chi connectivity index (χ1v) is 14.2. The lowest BCUT2D eigenvalue weighted by Crippen LogP contribution is -2.29. The van der Waals surface area contributed by atoms with E-state index < -0.39 is 13.5 Å². The van der Waals surface area contributed by atoms with Gasteiger partial charge in [0.2, 0.25) is 0 Å². The molecule has 1 atom stereocenters. The minimum Gasteiger partial charge on any atom is -0.377 e. The van der Waals surface area contributed by atoms with Crippen LogP contribution in [0.2, 0.25) is 0 Å². The summed E-state index contributed by atoms with van der Waals surface area (Å²) in [5.74, 6) is -0.456.